The molecule has 0 aliphatic rings. The molecule has 5 heteroatoms. The number of benzene rings is 1. The Morgan fingerprint density at radius 3 is 2.52 bits per heavy atom. The van der Waals surface area contributed by atoms with Gasteiger partial charge in [-0.25, -0.2) is 4.98 Å². The Bertz CT molecular complexity index is 1030. The summed E-state index contributed by atoms with van der Waals surface area (Å²) in [6.45, 7) is 4.19. The summed E-state index contributed by atoms with van der Waals surface area (Å²) in [7, 11) is 0. The first-order chi connectivity index (χ1) is 12.1. The van der Waals surface area contributed by atoms with Gasteiger partial charge in [0.05, 0.1) is 5.02 Å². The number of imidazole rings is 1. The highest BCUT2D eigenvalue weighted by Crippen LogP contribution is 2.33. The quantitative estimate of drug-likeness (QED) is 0.538. The van der Waals surface area contributed by atoms with E-state index in [-0.39, 0.29) is 0 Å². The lowest BCUT2D eigenvalue weighted by Gasteiger charge is -2.14. The van der Waals surface area contributed by atoms with Crippen molar-refractivity contribution in [1.82, 2.24) is 14.4 Å². The minimum Gasteiger partial charge on any atom is -0.339 e. The van der Waals surface area contributed by atoms with Gasteiger partial charge in [-0.05, 0) is 49.2 Å². The third-order valence-electron chi connectivity index (χ3n) is 4.24. The van der Waals surface area contributed by atoms with Crippen LogP contribution in [0.4, 0.5) is 11.5 Å². The molecule has 3 heterocycles. The molecule has 4 aromatic rings. The third kappa shape index (κ3) is 2.85. The maximum Gasteiger partial charge on any atom is 0.143 e. The molecule has 124 valence electrons. The van der Waals surface area contributed by atoms with Crippen molar-refractivity contribution in [3.8, 4) is 11.3 Å². The Labute approximate surface area is 151 Å². The van der Waals surface area contributed by atoms with Gasteiger partial charge in [0.2, 0.25) is 0 Å². The van der Waals surface area contributed by atoms with E-state index in [9.17, 15) is 0 Å². The highest BCUT2D eigenvalue weighted by molar-refractivity contribution is 6.30. The van der Waals surface area contributed by atoms with Gasteiger partial charge in [-0.1, -0.05) is 29.8 Å². The fourth-order valence-corrected chi connectivity index (χ4v) is 3.13. The predicted molar refractivity (Wildman–Crippen MR) is 103 cm³/mol. The molecule has 25 heavy (non-hydrogen) atoms. The van der Waals surface area contributed by atoms with Crippen LogP contribution in [0.5, 0.6) is 0 Å². The topological polar surface area (TPSA) is 42.2 Å². The van der Waals surface area contributed by atoms with E-state index < -0.39 is 0 Å². The molecule has 3 aromatic heterocycles. The largest absolute Gasteiger partial charge is 0.339 e. The van der Waals surface area contributed by atoms with E-state index in [1.54, 1.807) is 6.20 Å². The zero-order valence-corrected chi connectivity index (χ0v) is 14.7. The Morgan fingerprint density at radius 1 is 1.00 bits per heavy atom. The summed E-state index contributed by atoms with van der Waals surface area (Å²) in [5.41, 5.74) is 6.06. The van der Waals surface area contributed by atoms with Crippen LogP contribution < -0.4 is 5.32 Å². The summed E-state index contributed by atoms with van der Waals surface area (Å²) in [5, 5.41) is 4.23. The summed E-state index contributed by atoms with van der Waals surface area (Å²) < 4.78 is 1.98. The van der Waals surface area contributed by atoms with Crippen LogP contribution in [0, 0.1) is 13.8 Å². The van der Waals surface area contributed by atoms with Crippen LogP contribution in [0.25, 0.3) is 16.9 Å². The Hall–Kier alpha value is -2.85. The van der Waals surface area contributed by atoms with Crippen molar-refractivity contribution in [3.63, 3.8) is 0 Å². The Balaban J connectivity index is 1.96. The van der Waals surface area contributed by atoms with Gasteiger partial charge >= 0.3 is 0 Å². The number of halogens is 1. The summed E-state index contributed by atoms with van der Waals surface area (Å²) in [6.07, 6.45) is 5.45. The van der Waals surface area contributed by atoms with E-state index in [0.717, 1.165) is 28.4 Å². The average molecular weight is 349 g/mol. The first-order valence-corrected chi connectivity index (χ1v) is 8.42. The smallest absolute Gasteiger partial charge is 0.143 e. The normalized spacial score (nSPS) is 11.0. The second kappa shape index (κ2) is 6.22. The standard InChI is InChI=1S/C20H17ClN4/c1-13-5-3-6-14(2)18(13)24-20-19(15-7-4-10-22-11-15)23-17-9-8-16(21)12-25(17)20/h3-12,24H,1-2H3. The molecule has 0 unspecified atom stereocenters. The molecule has 4 rings (SSSR count). The fraction of sp³-hybridized carbons (Fsp3) is 0.100. The summed E-state index contributed by atoms with van der Waals surface area (Å²) >= 11 is 6.22. The minimum absolute atomic E-state index is 0.659. The summed E-state index contributed by atoms with van der Waals surface area (Å²) in [4.78, 5) is 9.01. The van der Waals surface area contributed by atoms with Gasteiger partial charge in [-0.15, -0.1) is 0 Å². The molecule has 0 aliphatic heterocycles. The zero-order valence-electron chi connectivity index (χ0n) is 14.0. The highest BCUT2D eigenvalue weighted by Gasteiger charge is 2.16. The number of pyridine rings is 2. The van der Waals surface area contributed by atoms with E-state index in [1.807, 2.05) is 41.1 Å². The number of nitrogens with one attached hydrogen (secondary N) is 1. The van der Waals surface area contributed by atoms with Gasteiger partial charge < -0.3 is 5.32 Å². The van der Waals surface area contributed by atoms with Crippen LogP contribution in [0.1, 0.15) is 11.1 Å². The molecule has 0 atom stereocenters. The number of nitrogens with zero attached hydrogens (tertiary/aromatic N) is 3. The molecule has 0 saturated heterocycles. The lowest BCUT2D eigenvalue weighted by atomic mass is 10.1. The van der Waals surface area contributed by atoms with Crippen LogP contribution in [0.3, 0.4) is 0 Å². The van der Waals surface area contributed by atoms with E-state index in [4.69, 9.17) is 16.6 Å². The number of aryl methyl sites for hydroxylation is 2. The first-order valence-electron chi connectivity index (χ1n) is 8.05. The summed E-state index contributed by atoms with van der Waals surface area (Å²) in [5.74, 6) is 0.878. The second-order valence-corrected chi connectivity index (χ2v) is 6.45. The Kier molecular flexibility index (Phi) is 3.90. The number of hydrogen-bond donors (Lipinski definition) is 1. The molecule has 1 N–H and O–H groups in total. The van der Waals surface area contributed by atoms with Crippen molar-refractivity contribution in [2.24, 2.45) is 0 Å². The molecule has 1 aromatic carbocycles. The number of para-hydroxylation sites is 1. The number of fused-ring (bicyclic) bond motifs is 1. The van der Waals surface area contributed by atoms with Crippen molar-refractivity contribution in [2.75, 3.05) is 5.32 Å². The molecule has 4 nitrogen and oxygen atoms in total. The molecule has 0 amide bonds. The van der Waals surface area contributed by atoms with Crippen LogP contribution in [-0.2, 0) is 0 Å². The second-order valence-electron chi connectivity index (χ2n) is 6.02. The van der Waals surface area contributed by atoms with Crippen molar-refractivity contribution in [3.05, 3.63) is 77.2 Å². The van der Waals surface area contributed by atoms with Crippen LogP contribution in [0.15, 0.2) is 61.1 Å². The van der Waals surface area contributed by atoms with Gasteiger partial charge in [0, 0.05) is 29.8 Å². The van der Waals surface area contributed by atoms with E-state index >= 15 is 0 Å². The van der Waals surface area contributed by atoms with Crippen molar-refractivity contribution in [1.29, 1.82) is 0 Å². The maximum atomic E-state index is 6.22. The molecule has 0 bridgehead atoms. The SMILES string of the molecule is Cc1cccc(C)c1Nc1c(-c2cccnc2)nc2ccc(Cl)cn12. The maximum absolute atomic E-state index is 6.22. The summed E-state index contributed by atoms with van der Waals surface area (Å²) in [6, 6.07) is 13.9. The molecule has 0 radical (unpaired) electrons. The van der Waals surface area contributed by atoms with Crippen LogP contribution >= 0.6 is 11.6 Å². The van der Waals surface area contributed by atoms with Crippen molar-refractivity contribution in [2.45, 2.75) is 13.8 Å². The number of hydrogen-bond acceptors (Lipinski definition) is 3. The molecule has 0 aliphatic carbocycles. The van der Waals surface area contributed by atoms with E-state index in [0.29, 0.717) is 5.02 Å². The van der Waals surface area contributed by atoms with Crippen molar-refractivity contribution < 1.29 is 0 Å². The third-order valence-corrected chi connectivity index (χ3v) is 4.47. The first kappa shape index (κ1) is 15.7. The molecule has 0 saturated carbocycles. The zero-order chi connectivity index (χ0) is 17.4. The molecular formula is C20H17ClN4. The number of aromatic nitrogens is 3. The highest BCUT2D eigenvalue weighted by atomic mass is 35.5. The van der Waals surface area contributed by atoms with Gasteiger partial charge in [0.15, 0.2) is 0 Å². The monoisotopic (exact) mass is 348 g/mol. The van der Waals surface area contributed by atoms with Gasteiger partial charge in [0.25, 0.3) is 0 Å². The van der Waals surface area contributed by atoms with Gasteiger partial charge in [0.1, 0.15) is 17.2 Å². The average Bonchev–Trinajstić information content (AvgIpc) is 2.97. The number of anilines is 2. The van der Waals surface area contributed by atoms with Crippen LogP contribution in [-0.4, -0.2) is 14.4 Å². The Morgan fingerprint density at radius 2 is 1.80 bits per heavy atom. The van der Waals surface area contributed by atoms with E-state index in [2.05, 4.69) is 42.3 Å². The molecular weight excluding hydrogens is 332 g/mol. The minimum atomic E-state index is 0.659. The van der Waals surface area contributed by atoms with Gasteiger partial charge in [-0.3, -0.25) is 9.38 Å². The molecule has 0 fully saturated rings. The van der Waals surface area contributed by atoms with Crippen molar-refractivity contribution >= 4 is 28.8 Å². The lowest BCUT2D eigenvalue weighted by molar-refractivity contribution is 1.18. The predicted octanol–water partition coefficient (Wildman–Crippen LogP) is 5.41. The fourth-order valence-electron chi connectivity index (χ4n) is 2.97. The van der Waals surface area contributed by atoms with Crippen LogP contribution in [0.2, 0.25) is 5.02 Å². The lowest BCUT2D eigenvalue weighted by Crippen LogP contribution is -2.00. The van der Waals surface area contributed by atoms with E-state index in [1.165, 1.54) is 11.1 Å². The molecule has 0 spiro atoms. The number of rotatable bonds is 3. The van der Waals surface area contributed by atoms with Gasteiger partial charge in [-0.2, -0.15) is 0 Å².